The SMILES string of the molecule is Cc1ccc(C(=O)N(C)c2cccnc2)cc1. The van der Waals surface area contributed by atoms with Crippen LogP contribution in [0.1, 0.15) is 15.9 Å². The van der Waals surface area contributed by atoms with Crippen LogP contribution in [0.2, 0.25) is 0 Å². The number of hydrogen-bond acceptors (Lipinski definition) is 2. The minimum atomic E-state index is -0.0296. The second-order valence-corrected chi connectivity index (χ2v) is 3.94. The lowest BCUT2D eigenvalue weighted by Gasteiger charge is -2.16. The molecule has 1 aromatic heterocycles. The number of rotatable bonds is 2. The van der Waals surface area contributed by atoms with Crippen LogP contribution >= 0.6 is 0 Å². The summed E-state index contributed by atoms with van der Waals surface area (Å²) in [4.78, 5) is 17.8. The molecule has 0 bridgehead atoms. The Balaban J connectivity index is 2.23. The highest BCUT2D eigenvalue weighted by Gasteiger charge is 2.12. The molecule has 0 aliphatic heterocycles. The molecule has 0 fully saturated rings. The van der Waals surface area contributed by atoms with Gasteiger partial charge in [0.15, 0.2) is 0 Å². The Hall–Kier alpha value is -2.16. The highest BCUT2D eigenvalue weighted by atomic mass is 16.2. The quantitative estimate of drug-likeness (QED) is 0.788. The number of nitrogens with zero attached hydrogens (tertiary/aromatic N) is 2. The zero-order valence-electron chi connectivity index (χ0n) is 9.92. The van der Waals surface area contributed by atoms with Crippen LogP contribution in [-0.4, -0.2) is 17.9 Å². The van der Waals surface area contributed by atoms with Gasteiger partial charge < -0.3 is 4.90 Å². The predicted molar refractivity (Wildman–Crippen MR) is 68.1 cm³/mol. The van der Waals surface area contributed by atoms with Crippen molar-refractivity contribution in [3.63, 3.8) is 0 Å². The summed E-state index contributed by atoms with van der Waals surface area (Å²) in [7, 11) is 1.75. The third kappa shape index (κ3) is 2.50. The highest BCUT2D eigenvalue weighted by molar-refractivity contribution is 6.05. The second-order valence-electron chi connectivity index (χ2n) is 3.94. The van der Waals surface area contributed by atoms with Crippen molar-refractivity contribution in [2.75, 3.05) is 11.9 Å². The number of anilines is 1. The topological polar surface area (TPSA) is 33.2 Å². The molecule has 0 aliphatic rings. The summed E-state index contributed by atoms with van der Waals surface area (Å²) in [5, 5.41) is 0. The van der Waals surface area contributed by atoms with Crippen LogP contribution in [0.3, 0.4) is 0 Å². The van der Waals surface area contributed by atoms with Gasteiger partial charge in [0.1, 0.15) is 0 Å². The van der Waals surface area contributed by atoms with E-state index in [-0.39, 0.29) is 5.91 Å². The molecule has 17 heavy (non-hydrogen) atoms. The zero-order valence-corrected chi connectivity index (χ0v) is 9.92. The molecule has 3 nitrogen and oxygen atoms in total. The van der Waals surface area contributed by atoms with Gasteiger partial charge in [-0.15, -0.1) is 0 Å². The smallest absolute Gasteiger partial charge is 0.258 e. The maximum absolute atomic E-state index is 12.2. The number of hydrogen-bond donors (Lipinski definition) is 0. The van der Waals surface area contributed by atoms with Crippen molar-refractivity contribution in [1.82, 2.24) is 4.98 Å². The number of benzene rings is 1. The molecular formula is C14H14N2O. The summed E-state index contributed by atoms with van der Waals surface area (Å²) in [6, 6.07) is 11.2. The number of aryl methyl sites for hydroxylation is 1. The summed E-state index contributed by atoms with van der Waals surface area (Å²) >= 11 is 0. The van der Waals surface area contributed by atoms with Crippen molar-refractivity contribution >= 4 is 11.6 Å². The Labute approximate surface area is 101 Å². The van der Waals surface area contributed by atoms with Crippen LogP contribution in [0, 0.1) is 6.92 Å². The monoisotopic (exact) mass is 226 g/mol. The lowest BCUT2D eigenvalue weighted by molar-refractivity contribution is 0.0993. The Kier molecular flexibility index (Phi) is 3.19. The van der Waals surface area contributed by atoms with Gasteiger partial charge >= 0.3 is 0 Å². The number of carbonyl (C=O) groups excluding carboxylic acids is 1. The maximum atomic E-state index is 12.2. The van der Waals surface area contributed by atoms with Crippen molar-refractivity contribution in [3.05, 3.63) is 59.9 Å². The highest BCUT2D eigenvalue weighted by Crippen LogP contribution is 2.13. The molecule has 0 radical (unpaired) electrons. The molecule has 86 valence electrons. The minimum absolute atomic E-state index is 0.0296. The third-order valence-electron chi connectivity index (χ3n) is 2.64. The standard InChI is InChI=1S/C14H14N2O/c1-11-5-7-12(8-6-11)14(17)16(2)13-4-3-9-15-10-13/h3-10H,1-2H3. The summed E-state index contributed by atoms with van der Waals surface area (Å²) in [5.74, 6) is -0.0296. The van der Waals surface area contributed by atoms with Gasteiger partial charge in [0, 0.05) is 18.8 Å². The molecule has 0 spiro atoms. The number of pyridine rings is 1. The van der Waals surface area contributed by atoms with Crippen LogP contribution < -0.4 is 4.90 Å². The molecule has 0 atom stereocenters. The average Bonchev–Trinajstić information content (AvgIpc) is 2.39. The Bertz CT molecular complexity index is 506. The fourth-order valence-electron chi connectivity index (χ4n) is 1.56. The molecule has 0 N–H and O–H groups in total. The Morgan fingerprint density at radius 1 is 1.18 bits per heavy atom. The van der Waals surface area contributed by atoms with E-state index in [2.05, 4.69) is 4.98 Å². The fraction of sp³-hybridized carbons (Fsp3) is 0.143. The van der Waals surface area contributed by atoms with Gasteiger partial charge in [-0.05, 0) is 31.2 Å². The molecule has 0 saturated heterocycles. The molecule has 0 aliphatic carbocycles. The van der Waals surface area contributed by atoms with Crippen LogP contribution in [-0.2, 0) is 0 Å². The van der Waals surface area contributed by atoms with Gasteiger partial charge in [0.25, 0.3) is 5.91 Å². The van der Waals surface area contributed by atoms with Crippen LogP contribution in [0.4, 0.5) is 5.69 Å². The van der Waals surface area contributed by atoms with Gasteiger partial charge in [-0.2, -0.15) is 0 Å². The Morgan fingerprint density at radius 3 is 2.47 bits per heavy atom. The van der Waals surface area contributed by atoms with Crippen molar-refractivity contribution in [2.45, 2.75) is 6.92 Å². The first-order chi connectivity index (χ1) is 8.18. The van der Waals surface area contributed by atoms with E-state index in [1.54, 1.807) is 24.3 Å². The van der Waals surface area contributed by atoms with Crippen molar-refractivity contribution in [1.29, 1.82) is 0 Å². The van der Waals surface area contributed by atoms with Crippen LogP contribution in [0.5, 0.6) is 0 Å². The zero-order chi connectivity index (χ0) is 12.3. The van der Waals surface area contributed by atoms with E-state index in [0.717, 1.165) is 11.3 Å². The number of amides is 1. The molecule has 0 saturated carbocycles. The van der Waals surface area contributed by atoms with E-state index in [9.17, 15) is 4.79 Å². The molecule has 3 heteroatoms. The summed E-state index contributed by atoms with van der Waals surface area (Å²) < 4.78 is 0. The second kappa shape index (κ2) is 4.78. The lowest BCUT2D eigenvalue weighted by Crippen LogP contribution is -2.26. The molecule has 1 aromatic carbocycles. The van der Waals surface area contributed by atoms with Gasteiger partial charge in [-0.3, -0.25) is 9.78 Å². The lowest BCUT2D eigenvalue weighted by atomic mass is 10.1. The first kappa shape index (κ1) is 11.3. The van der Waals surface area contributed by atoms with E-state index in [1.165, 1.54) is 0 Å². The molecule has 0 unspecified atom stereocenters. The minimum Gasteiger partial charge on any atom is -0.310 e. The van der Waals surface area contributed by atoms with E-state index >= 15 is 0 Å². The van der Waals surface area contributed by atoms with E-state index in [0.29, 0.717) is 5.56 Å². The number of carbonyl (C=O) groups is 1. The van der Waals surface area contributed by atoms with Crippen molar-refractivity contribution in [3.8, 4) is 0 Å². The van der Waals surface area contributed by atoms with E-state index in [1.807, 2.05) is 43.3 Å². The molecule has 1 amide bonds. The van der Waals surface area contributed by atoms with Gasteiger partial charge in [-0.25, -0.2) is 0 Å². The van der Waals surface area contributed by atoms with Gasteiger partial charge in [-0.1, -0.05) is 17.7 Å². The van der Waals surface area contributed by atoms with Gasteiger partial charge in [0.2, 0.25) is 0 Å². The predicted octanol–water partition coefficient (Wildman–Crippen LogP) is 2.67. The van der Waals surface area contributed by atoms with Crippen LogP contribution in [0.15, 0.2) is 48.8 Å². The first-order valence-corrected chi connectivity index (χ1v) is 5.43. The van der Waals surface area contributed by atoms with Gasteiger partial charge in [0.05, 0.1) is 11.9 Å². The largest absolute Gasteiger partial charge is 0.310 e. The summed E-state index contributed by atoms with van der Waals surface area (Å²) in [6.07, 6.45) is 3.36. The normalized spacial score (nSPS) is 10.0. The molecule has 2 rings (SSSR count). The molecular weight excluding hydrogens is 212 g/mol. The summed E-state index contributed by atoms with van der Waals surface area (Å²) in [6.45, 7) is 2.00. The van der Waals surface area contributed by atoms with Crippen molar-refractivity contribution in [2.24, 2.45) is 0 Å². The Morgan fingerprint density at radius 2 is 1.88 bits per heavy atom. The number of aromatic nitrogens is 1. The fourth-order valence-corrected chi connectivity index (χ4v) is 1.56. The summed E-state index contributed by atoms with van der Waals surface area (Å²) in [5.41, 5.74) is 2.62. The molecule has 2 aromatic rings. The first-order valence-electron chi connectivity index (χ1n) is 5.43. The van der Waals surface area contributed by atoms with E-state index in [4.69, 9.17) is 0 Å². The van der Waals surface area contributed by atoms with Crippen molar-refractivity contribution < 1.29 is 4.79 Å². The maximum Gasteiger partial charge on any atom is 0.258 e. The molecule has 1 heterocycles. The third-order valence-corrected chi connectivity index (χ3v) is 2.64. The van der Waals surface area contributed by atoms with E-state index < -0.39 is 0 Å². The van der Waals surface area contributed by atoms with Crippen LogP contribution in [0.25, 0.3) is 0 Å². The average molecular weight is 226 g/mol.